The molecule has 0 aliphatic carbocycles. The van der Waals surface area contributed by atoms with Gasteiger partial charge in [0, 0.05) is 24.9 Å². The molecular weight excluding hydrogens is 438 g/mol. The highest BCUT2D eigenvalue weighted by Crippen LogP contribution is 2.25. The van der Waals surface area contributed by atoms with Crippen LogP contribution in [0.2, 0.25) is 5.02 Å². The number of amides is 2. The lowest BCUT2D eigenvalue weighted by Crippen LogP contribution is -2.37. The quantitative estimate of drug-likeness (QED) is 0.279. The van der Waals surface area contributed by atoms with Crippen molar-refractivity contribution in [1.29, 1.82) is 0 Å². The Morgan fingerprint density at radius 1 is 1.19 bits per heavy atom. The minimum Gasteiger partial charge on any atom is -0.452 e. The summed E-state index contributed by atoms with van der Waals surface area (Å²) in [5.74, 6) is -1.76. The first kappa shape index (κ1) is 24.5. The molecule has 2 amide bonds. The number of likely N-dealkylation sites (N-methyl/N-ethyl adjacent to an activating group) is 1. The fraction of sp³-hybridized carbons (Fsp3) is 0.227. The lowest BCUT2D eigenvalue weighted by molar-refractivity contribution is -0.384. The van der Waals surface area contributed by atoms with Crippen molar-refractivity contribution in [2.75, 3.05) is 25.5 Å². The van der Waals surface area contributed by atoms with E-state index in [2.05, 4.69) is 5.32 Å². The van der Waals surface area contributed by atoms with Crippen molar-refractivity contribution < 1.29 is 24.0 Å². The number of ether oxygens (including phenoxy) is 1. The fourth-order valence-electron chi connectivity index (χ4n) is 2.72. The van der Waals surface area contributed by atoms with Crippen LogP contribution >= 0.6 is 11.6 Å². The number of hydrogen-bond acceptors (Lipinski definition) is 6. The molecule has 0 radical (unpaired) electrons. The highest BCUT2D eigenvalue weighted by atomic mass is 35.5. The molecule has 2 aromatic carbocycles. The molecular formula is C22H22ClN3O6. The largest absolute Gasteiger partial charge is 0.452 e. The number of benzene rings is 2. The van der Waals surface area contributed by atoms with E-state index in [1.807, 2.05) is 32.0 Å². The standard InChI is InChI=1S/C22H22ClN3O6/c1-14-5-4-6-15(2)22(14)24-19(27)12-25(3)20(28)13-32-21(29)10-8-16-7-9-17(23)18(11-16)26(30)31/h4-11H,12-13H2,1-3H3,(H,24,27)/b10-8+. The van der Waals surface area contributed by atoms with E-state index in [1.165, 1.54) is 31.3 Å². The molecule has 2 aromatic rings. The van der Waals surface area contributed by atoms with Crippen LogP contribution < -0.4 is 5.32 Å². The smallest absolute Gasteiger partial charge is 0.331 e. The molecule has 168 valence electrons. The number of esters is 1. The zero-order valence-electron chi connectivity index (χ0n) is 17.8. The van der Waals surface area contributed by atoms with Crippen molar-refractivity contribution >= 4 is 46.8 Å². The Morgan fingerprint density at radius 3 is 2.47 bits per heavy atom. The molecule has 0 aliphatic heterocycles. The average Bonchev–Trinajstić information content (AvgIpc) is 2.73. The van der Waals surface area contributed by atoms with Gasteiger partial charge in [-0.3, -0.25) is 19.7 Å². The Morgan fingerprint density at radius 2 is 1.84 bits per heavy atom. The van der Waals surface area contributed by atoms with Gasteiger partial charge in [-0.25, -0.2) is 4.79 Å². The summed E-state index contributed by atoms with van der Waals surface area (Å²) in [5, 5.41) is 13.7. The Kier molecular flexibility index (Phi) is 8.48. The zero-order chi connectivity index (χ0) is 23.8. The van der Waals surface area contributed by atoms with Gasteiger partial charge in [-0.15, -0.1) is 0 Å². The summed E-state index contributed by atoms with van der Waals surface area (Å²) >= 11 is 5.74. The van der Waals surface area contributed by atoms with Gasteiger partial charge in [0.05, 0.1) is 11.5 Å². The van der Waals surface area contributed by atoms with E-state index in [0.717, 1.165) is 22.1 Å². The van der Waals surface area contributed by atoms with E-state index in [9.17, 15) is 24.5 Å². The van der Waals surface area contributed by atoms with Crippen molar-refractivity contribution in [1.82, 2.24) is 4.90 Å². The fourth-order valence-corrected chi connectivity index (χ4v) is 2.91. The van der Waals surface area contributed by atoms with E-state index in [4.69, 9.17) is 16.3 Å². The van der Waals surface area contributed by atoms with Gasteiger partial charge >= 0.3 is 5.97 Å². The maximum absolute atomic E-state index is 12.2. The highest BCUT2D eigenvalue weighted by Gasteiger charge is 2.16. The van der Waals surface area contributed by atoms with Crippen LogP contribution in [-0.4, -0.2) is 47.8 Å². The number of nitrogens with one attached hydrogen (secondary N) is 1. The summed E-state index contributed by atoms with van der Waals surface area (Å²) < 4.78 is 4.88. The number of anilines is 1. The molecule has 0 saturated carbocycles. The second-order valence-electron chi connectivity index (χ2n) is 6.97. The van der Waals surface area contributed by atoms with Gasteiger partial charge in [-0.1, -0.05) is 35.9 Å². The molecule has 2 rings (SSSR count). The molecule has 0 heterocycles. The number of hydrogen-bond donors (Lipinski definition) is 1. The number of aryl methyl sites for hydroxylation is 2. The molecule has 0 saturated heterocycles. The first-order valence-corrected chi connectivity index (χ1v) is 9.85. The molecule has 0 aromatic heterocycles. The van der Waals surface area contributed by atoms with Crippen LogP contribution in [0.25, 0.3) is 6.08 Å². The summed E-state index contributed by atoms with van der Waals surface area (Å²) in [6.45, 7) is 2.96. The van der Waals surface area contributed by atoms with Gasteiger partial charge in [-0.05, 0) is 42.7 Å². The van der Waals surface area contributed by atoms with Crippen LogP contribution in [0.4, 0.5) is 11.4 Å². The third-order valence-corrected chi connectivity index (χ3v) is 4.79. The van der Waals surface area contributed by atoms with E-state index in [0.29, 0.717) is 11.3 Å². The Balaban J connectivity index is 1.85. The van der Waals surface area contributed by atoms with E-state index in [-0.39, 0.29) is 23.2 Å². The number of para-hydroxylation sites is 1. The number of rotatable bonds is 8. The predicted molar refractivity (Wildman–Crippen MR) is 120 cm³/mol. The molecule has 0 atom stereocenters. The van der Waals surface area contributed by atoms with E-state index >= 15 is 0 Å². The minimum atomic E-state index is -0.815. The van der Waals surface area contributed by atoms with Gasteiger partial charge in [-0.2, -0.15) is 0 Å². The second kappa shape index (κ2) is 11.1. The van der Waals surface area contributed by atoms with Crippen LogP contribution in [0.5, 0.6) is 0 Å². The third kappa shape index (κ3) is 6.92. The number of nitrogens with zero attached hydrogens (tertiary/aromatic N) is 2. The minimum absolute atomic E-state index is 0.0232. The number of nitro groups is 1. The van der Waals surface area contributed by atoms with Crippen molar-refractivity contribution in [3.05, 3.63) is 74.3 Å². The Hall–Kier alpha value is -3.72. The van der Waals surface area contributed by atoms with Crippen LogP contribution in [0.1, 0.15) is 16.7 Å². The maximum atomic E-state index is 12.2. The number of carbonyl (C=O) groups excluding carboxylic acids is 3. The van der Waals surface area contributed by atoms with Crippen LogP contribution in [-0.2, 0) is 19.1 Å². The zero-order valence-corrected chi connectivity index (χ0v) is 18.5. The summed E-state index contributed by atoms with van der Waals surface area (Å²) in [4.78, 5) is 47.7. The van der Waals surface area contributed by atoms with Crippen molar-refractivity contribution in [3.63, 3.8) is 0 Å². The highest BCUT2D eigenvalue weighted by molar-refractivity contribution is 6.32. The molecule has 0 unspecified atom stereocenters. The number of nitro benzene ring substituents is 1. The Bertz CT molecular complexity index is 1060. The third-order valence-electron chi connectivity index (χ3n) is 4.47. The molecule has 10 heteroatoms. The van der Waals surface area contributed by atoms with Crippen LogP contribution in [0.3, 0.4) is 0 Å². The lowest BCUT2D eigenvalue weighted by atomic mass is 10.1. The predicted octanol–water partition coefficient (Wildman–Crippen LogP) is 3.52. The monoisotopic (exact) mass is 459 g/mol. The van der Waals surface area contributed by atoms with Gasteiger partial charge in [0.2, 0.25) is 5.91 Å². The maximum Gasteiger partial charge on any atom is 0.331 e. The molecule has 32 heavy (non-hydrogen) atoms. The number of halogens is 1. The Labute approximate surface area is 189 Å². The van der Waals surface area contributed by atoms with Crippen molar-refractivity contribution in [3.8, 4) is 0 Å². The summed E-state index contributed by atoms with van der Waals surface area (Å²) in [5.41, 5.74) is 2.57. The molecule has 0 spiro atoms. The molecule has 9 nitrogen and oxygen atoms in total. The SMILES string of the molecule is Cc1cccc(C)c1NC(=O)CN(C)C(=O)COC(=O)/C=C/c1ccc(Cl)c([N+](=O)[O-])c1. The molecule has 1 N–H and O–H groups in total. The first-order chi connectivity index (χ1) is 15.1. The van der Waals surface area contributed by atoms with Crippen LogP contribution in [0.15, 0.2) is 42.5 Å². The molecule has 0 aliphatic rings. The van der Waals surface area contributed by atoms with Crippen LogP contribution in [0, 0.1) is 24.0 Å². The van der Waals surface area contributed by atoms with Crippen molar-refractivity contribution in [2.24, 2.45) is 0 Å². The normalized spacial score (nSPS) is 10.6. The first-order valence-electron chi connectivity index (χ1n) is 9.47. The lowest BCUT2D eigenvalue weighted by Gasteiger charge is -2.18. The second-order valence-corrected chi connectivity index (χ2v) is 7.38. The van der Waals surface area contributed by atoms with Crippen molar-refractivity contribution in [2.45, 2.75) is 13.8 Å². The summed E-state index contributed by atoms with van der Waals surface area (Å²) in [7, 11) is 1.42. The van der Waals surface area contributed by atoms with E-state index < -0.39 is 23.4 Å². The summed E-state index contributed by atoms with van der Waals surface area (Å²) in [6.07, 6.45) is 2.34. The van der Waals surface area contributed by atoms with Gasteiger partial charge in [0.15, 0.2) is 6.61 Å². The van der Waals surface area contributed by atoms with Gasteiger partial charge in [0.25, 0.3) is 11.6 Å². The molecule has 0 fully saturated rings. The summed E-state index contributed by atoms with van der Waals surface area (Å²) in [6, 6.07) is 9.66. The van der Waals surface area contributed by atoms with E-state index in [1.54, 1.807) is 0 Å². The topological polar surface area (TPSA) is 119 Å². The van der Waals surface area contributed by atoms with Gasteiger partial charge < -0.3 is 15.0 Å². The van der Waals surface area contributed by atoms with Gasteiger partial charge in [0.1, 0.15) is 5.02 Å². The number of carbonyl (C=O) groups is 3. The molecule has 0 bridgehead atoms. The average molecular weight is 460 g/mol.